The van der Waals surface area contributed by atoms with Crippen molar-refractivity contribution in [3.63, 3.8) is 0 Å². The van der Waals surface area contributed by atoms with E-state index < -0.39 is 42.0 Å². The second-order valence-corrected chi connectivity index (χ2v) is 5.59. The van der Waals surface area contributed by atoms with Gasteiger partial charge in [0.25, 0.3) is 0 Å². The molecule has 9 heteroatoms. The van der Waals surface area contributed by atoms with Gasteiger partial charge in [-0.2, -0.15) is 12.6 Å². The number of thiol groups is 1. The van der Waals surface area contributed by atoms with E-state index in [0.717, 1.165) is 0 Å². The van der Waals surface area contributed by atoms with Gasteiger partial charge in [-0.15, -0.1) is 0 Å². The van der Waals surface area contributed by atoms with Crippen molar-refractivity contribution in [1.29, 1.82) is 0 Å². The largest absolute Gasteiger partial charge is 0.480 e. The van der Waals surface area contributed by atoms with Crippen LogP contribution in [0.15, 0.2) is 0 Å². The number of carboxylic acids is 1. The molecule has 0 saturated carbocycles. The maximum atomic E-state index is 12.2. The summed E-state index contributed by atoms with van der Waals surface area (Å²) < 4.78 is 0. The lowest BCUT2D eigenvalue weighted by molar-refractivity contribution is -0.145. The van der Waals surface area contributed by atoms with Crippen LogP contribution in [0, 0.1) is 5.92 Å². The number of hydrogen-bond donors (Lipinski definition) is 6. The van der Waals surface area contributed by atoms with Crippen molar-refractivity contribution in [3.8, 4) is 0 Å². The quantitative estimate of drug-likeness (QED) is 0.290. The van der Waals surface area contributed by atoms with Crippen molar-refractivity contribution < 1.29 is 24.6 Å². The molecule has 22 heavy (non-hydrogen) atoms. The summed E-state index contributed by atoms with van der Waals surface area (Å²) in [5, 5.41) is 23.1. The molecule has 0 radical (unpaired) electrons. The number of amides is 2. The van der Waals surface area contributed by atoms with Gasteiger partial charge in [-0.25, -0.2) is 4.79 Å². The van der Waals surface area contributed by atoms with E-state index in [0.29, 0.717) is 6.42 Å². The number of aliphatic hydroxyl groups excluding tert-OH is 1. The van der Waals surface area contributed by atoms with Gasteiger partial charge in [-0.05, 0) is 12.8 Å². The first-order valence-corrected chi connectivity index (χ1v) is 7.66. The predicted octanol–water partition coefficient (Wildman–Crippen LogP) is -1.28. The molecule has 6 N–H and O–H groups in total. The van der Waals surface area contributed by atoms with Gasteiger partial charge in [0.15, 0.2) is 6.04 Å². The molecule has 8 nitrogen and oxygen atoms in total. The molecule has 0 saturated heterocycles. The average molecular weight is 335 g/mol. The molecule has 0 bridgehead atoms. The fraction of sp³-hybridized carbons (Fsp3) is 0.769. The molecule has 0 heterocycles. The summed E-state index contributed by atoms with van der Waals surface area (Å²) >= 11 is 3.92. The number of carbonyl (C=O) groups excluding carboxylic acids is 2. The summed E-state index contributed by atoms with van der Waals surface area (Å²) in [6, 6.07) is -3.26. The van der Waals surface area contributed by atoms with Crippen molar-refractivity contribution in [3.05, 3.63) is 0 Å². The van der Waals surface area contributed by atoms with Crippen molar-refractivity contribution in [2.75, 3.05) is 5.75 Å². The Morgan fingerprint density at radius 1 is 1.14 bits per heavy atom. The standard InChI is InChI=1S/C13H25N3O5S/c1-4-6(2)9(15-11(18)8(14)5-22)12(19)16-10(7(3)17)13(20)21/h6-10,17,22H,4-5,14H2,1-3H3,(H,15,18)(H,16,19)(H,20,21)/t6-,7+,8-,9-,10-/m0/s1. The summed E-state index contributed by atoms with van der Waals surface area (Å²) in [6.45, 7) is 4.83. The van der Waals surface area contributed by atoms with Crippen LogP contribution in [0.3, 0.4) is 0 Å². The molecule has 0 aromatic rings. The first-order chi connectivity index (χ1) is 10.1. The average Bonchev–Trinajstić information content (AvgIpc) is 2.47. The van der Waals surface area contributed by atoms with E-state index in [1.165, 1.54) is 6.92 Å². The Kier molecular flexibility index (Phi) is 9.07. The zero-order valence-corrected chi connectivity index (χ0v) is 13.8. The molecule has 128 valence electrons. The number of nitrogens with one attached hydrogen (secondary N) is 2. The first-order valence-electron chi connectivity index (χ1n) is 7.03. The Morgan fingerprint density at radius 2 is 1.64 bits per heavy atom. The zero-order valence-electron chi connectivity index (χ0n) is 12.9. The molecule has 0 rings (SSSR count). The van der Waals surface area contributed by atoms with E-state index in [9.17, 15) is 19.5 Å². The Morgan fingerprint density at radius 3 is 2.00 bits per heavy atom. The SMILES string of the molecule is CC[C@H](C)[C@H](NC(=O)[C@@H](N)CS)C(=O)N[C@H](C(=O)O)[C@@H](C)O. The highest BCUT2D eigenvalue weighted by Crippen LogP contribution is 2.09. The first kappa shape index (κ1) is 20.7. The van der Waals surface area contributed by atoms with Crippen LogP contribution in [-0.4, -0.2) is 58.0 Å². The molecular formula is C13H25N3O5S. The molecule has 0 spiro atoms. The number of hydrogen-bond acceptors (Lipinski definition) is 6. The highest BCUT2D eigenvalue weighted by molar-refractivity contribution is 7.80. The van der Waals surface area contributed by atoms with Gasteiger partial charge in [-0.3, -0.25) is 9.59 Å². The molecule has 0 aromatic carbocycles. The van der Waals surface area contributed by atoms with Gasteiger partial charge in [0.05, 0.1) is 12.1 Å². The molecule has 5 atom stereocenters. The summed E-state index contributed by atoms with van der Waals surface area (Å²) in [5.74, 6) is -2.70. The smallest absolute Gasteiger partial charge is 0.328 e. The van der Waals surface area contributed by atoms with E-state index >= 15 is 0 Å². The number of carboxylic acid groups (broad SMARTS) is 1. The fourth-order valence-electron chi connectivity index (χ4n) is 1.68. The Labute approximate surface area is 135 Å². The number of carbonyl (C=O) groups is 3. The Hall–Kier alpha value is -1.32. The van der Waals surface area contributed by atoms with Crippen LogP contribution in [0.25, 0.3) is 0 Å². The third-order valence-corrected chi connectivity index (χ3v) is 3.77. The highest BCUT2D eigenvalue weighted by Gasteiger charge is 2.32. The minimum Gasteiger partial charge on any atom is -0.480 e. The van der Waals surface area contributed by atoms with Crippen LogP contribution in [-0.2, 0) is 14.4 Å². The van der Waals surface area contributed by atoms with E-state index in [4.69, 9.17) is 10.8 Å². The van der Waals surface area contributed by atoms with Crippen molar-refractivity contribution in [2.45, 2.75) is 51.4 Å². The summed E-state index contributed by atoms with van der Waals surface area (Å²) in [7, 11) is 0. The summed E-state index contributed by atoms with van der Waals surface area (Å²) in [5.41, 5.74) is 5.55. The lowest BCUT2D eigenvalue weighted by Crippen LogP contribution is -2.58. The van der Waals surface area contributed by atoms with Crippen molar-refractivity contribution >= 4 is 30.4 Å². The number of aliphatic hydroxyl groups is 1. The predicted molar refractivity (Wildman–Crippen MR) is 84.5 cm³/mol. The maximum absolute atomic E-state index is 12.2. The van der Waals surface area contributed by atoms with Gasteiger partial charge < -0.3 is 26.6 Å². The van der Waals surface area contributed by atoms with Crippen LogP contribution in [0.1, 0.15) is 27.2 Å². The third kappa shape index (κ3) is 6.20. The second kappa shape index (κ2) is 9.65. The van der Waals surface area contributed by atoms with Crippen LogP contribution in [0.2, 0.25) is 0 Å². The maximum Gasteiger partial charge on any atom is 0.328 e. The second-order valence-electron chi connectivity index (χ2n) is 5.23. The molecule has 0 unspecified atom stereocenters. The monoisotopic (exact) mass is 335 g/mol. The van der Waals surface area contributed by atoms with Crippen LogP contribution in [0.4, 0.5) is 0 Å². The topological polar surface area (TPSA) is 142 Å². The third-order valence-electron chi connectivity index (χ3n) is 3.37. The Bertz CT molecular complexity index is 405. The van der Waals surface area contributed by atoms with Crippen molar-refractivity contribution in [2.24, 2.45) is 11.7 Å². The van der Waals surface area contributed by atoms with Gasteiger partial charge in [-0.1, -0.05) is 20.3 Å². The molecule has 2 amide bonds. The zero-order chi connectivity index (χ0) is 17.4. The van der Waals surface area contributed by atoms with Gasteiger partial charge in [0.1, 0.15) is 6.04 Å². The van der Waals surface area contributed by atoms with Crippen molar-refractivity contribution in [1.82, 2.24) is 10.6 Å². The highest BCUT2D eigenvalue weighted by atomic mass is 32.1. The number of aliphatic carboxylic acids is 1. The molecule has 0 aliphatic heterocycles. The number of rotatable bonds is 9. The van der Waals surface area contributed by atoms with E-state index in [1.54, 1.807) is 6.92 Å². The minimum absolute atomic E-state index is 0.117. The molecular weight excluding hydrogens is 310 g/mol. The minimum atomic E-state index is -1.45. The van der Waals surface area contributed by atoms with Gasteiger partial charge >= 0.3 is 5.97 Å². The van der Waals surface area contributed by atoms with Crippen LogP contribution < -0.4 is 16.4 Å². The molecule has 0 aliphatic rings. The summed E-state index contributed by atoms with van der Waals surface area (Å²) in [4.78, 5) is 35.1. The molecule has 0 fully saturated rings. The molecule has 0 aromatic heterocycles. The normalized spacial score (nSPS) is 17.7. The fourth-order valence-corrected chi connectivity index (χ4v) is 1.84. The number of nitrogens with two attached hydrogens (primary N) is 1. The van der Waals surface area contributed by atoms with E-state index in [1.807, 2.05) is 6.92 Å². The van der Waals surface area contributed by atoms with Gasteiger partial charge in [0, 0.05) is 5.75 Å². The van der Waals surface area contributed by atoms with Crippen LogP contribution in [0.5, 0.6) is 0 Å². The van der Waals surface area contributed by atoms with E-state index in [2.05, 4.69) is 23.3 Å². The lowest BCUT2D eigenvalue weighted by Gasteiger charge is -2.27. The van der Waals surface area contributed by atoms with E-state index in [-0.39, 0.29) is 11.7 Å². The lowest BCUT2D eigenvalue weighted by atomic mass is 9.97. The molecule has 0 aliphatic carbocycles. The van der Waals surface area contributed by atoms with Gasteiger partial charge in [0.2, 0.25) is 11.8 Å². The summed E-state index contributed by atoms with van der Waals surface area (Å²) in [6.07, 6.45) is -0.685. The Balaban J connectivity index is 5.06. The van der Waals surface area contributed by atoms with Crippen LogP contribution >= 0.6 is 12.6 Å².